The number of benzene rings is 4. The molecule has 0 aromatic heterocycles. The second-order valence-corrected chi connectivity index (χ2v) is 19.0. The summed E-state index contributed by atoms with van der Waals surface area (Å²) >= 11 is 0. The average Bonchev–Trinajstić information content (AvgIpc) is 3.22. The number of phenols is 2. The second-order valence-electron chi connectivity index (χ2n) is 17.3. The number of para-hydroxylation sites is 1. The molecule has 0 bridgehead atoms. The smallest absolute Gasteiger partial charge is 0.415 e. The number of rotatable bonds is 17. The quantitative estimate of drug-likeness (QED) is 0.0518. The lowest BCUT2D eigenvalue weighted by Gasteiger charge is -2.42. The Kier molecular flexibility index (Phi) is 15.4. The molecule has 2 atom stereocenters. The molecule has 6 rings (SSSR count). The van der Waals surface area contributed by atoms with E-state index in [-0.39, 0.29) is 60.2 Å². The first-order valence-corrected chi connectivity index (χ1v) is 22.7. The molecule has 4 aromatic carbocycles. The third-order valence-corrected chi connectivity index (χ3v) is 11.8. The lowest BCUT2D eigenvalue weighted by molar-refractivity contribution is -0.118. The molecule has 2 aliphatic heterocycles. The van der Waals surface area contributed by atoms with Gasteiger partial charge in [-0.15, -0.1) is 0 Å². The maximum Gasteiger partial charge on any atom is 0.415 e. The number of halogens is 1. The fraction of sp³-hybridized carbons (Fsp3) is 0.435. The van der Waals surface area contributed by atoms with Gasteiger partial charge in [0.15, 0.2) is 6.61 Å². The van der Waals surface area contributed by atoms with Gasteiger partial charge >= 0.3 is 6.09 Å². The highest BCUT2D eigenvalue weighted by Crippen LogP contribution is 2.44. The largest absolute Gasteiger partial charge is 0.508 e. The number of ether oxygens (including phenoxy) is 2. The summed E-state index contributed by atoms with van der Waals surface area (Å²) in [6.45, 7) is 12.7. The van der Waals surface area contributed by atoms with E-state index < -0.39 is 33.4 Å². The number of nitrogens with one attached hydrogen (secondary N) is 4. The Morgan fingerprint density at radius 3 is 2.21 bits per heavy atom. The van der Waals surface area contributed by atoms with Crippen molar-refractivity contribution in [3.8, 4) is 17.2 Å². The minimum absolute atomic E-state index is 0.00539. The summed E-state index contributed by atoms with van der Waals surface area (Å²) in [6, 6.07) is 21.3. The highest BCUT2D eigenvalue weighted by Gasteiger charge is 2.42. The van der Waals surface area contributed by atoms with Gasteiger partial charge in [0.1, 0.15) is 28.7 Å². The number of carbonyl (C=O) groups is 2. The van der Waals surface area contributed by atoms with E-state index in [1.54, 1.807) is 17.0 Å². The number of aromatic hydroxyl groups is 2. The molecular formula is C46H60FN5O10S. The zero-order valence-electron chi connectivity index (χ0n) is 36.8. The first-order chi connectivity index (χ1) is 29.5. The third kappa shape index (κ3) is 12.8. The molecule has 0 spiro atoms. The minimum atomic E-state index is -3.58. The number of nitrogens with zero attached hydrogens (tertiary/aromatic N) is 1. The molecule has 342 valence electrons. The van der Waals surface area contributed by atoms with Crippen molar-refractivity contribution in [2.45, 2.75) is 96.1 Å². The van der Waals surface area contributed by atoms with Crippen molar-refractivity contribution in [3.05, 3.63) is 107 Å². The number of sulfonamides is 1. The standard InChI is InChI=1S/C26H37N3O6S.C20H23FN2O4/c1-6-26(7-2)19-10-8-9-11-21(19)29(24(32)35-26)15-14-25(3,4)27-17-23(31)18-12-13-22(30)20(16-18)28-36(5,33)34;1-20(2,9-12-3-5-13(21)6-4-12)22-10-17(25)15-7-14(24)8-16-19(15)27-11-18(26)23-16/h8-13,16,23,27-28,30-31H,6-7,14-15,17H2,1-5H3;3-8,17,22,24-25H,9-11H2,1-2H3,(H,23,26). The molecule has 17 heteroatoms. The van der Waals surface area contributed by atoms with E-state index in [1.807, 2.05) is 65.8 Å². The van der Waals surface area contributed by atoms with Crippen molar-refractivity contribution in [1.29, 1.82) is 0 Å². The predicted octanol–water partition coefficient (Wildman–Crippen LogP) is 6.73. The van der Waals surface area contributed by atoms with Crippen molar-refractivity contribution in [1.82, 2.24) is 10.6 Å². The molecule has 0 radical (unpaired) electrons. The number of anilines is 3. The topological polar surface area (TPSA) is 219 Å². The highest BCUT2D eigenvalue weighted by atomic mass is 32.2. The number of hydrogen-bond acceptors (Lipinski definition) is 12. The fourth-order valence-corrected chi connectivity index (χ4v) is 8.15. The van der Waals surface area contributed by atoms with Gasteiger partial charge in [0, 0.05) is 47.9 Å². The first-order valence-electron chi connectivity index (χ1n) is 20.8. The van der Waals surface area contributed by atoms with Crippen LogP contribution in [-0.2, 0) is 31.6 Å². The second kappa shape index (κ2) is 19.9. The molecule has 0 saturated carbocycles. The summed E-state index contributed by atoms with van der Waals surface area (Å²) in [7, 11) is -3.58. The van der Waals surface area contributed by atoms with E-state index in [4.69, 9.17) is 9.47 Å². The summed E-state index contributed by atoms with van der Waals surface area (Å²) in [5, 5.41) is 50.3. The molecule has 0 fully saturated rings. The normalized spacial score (nSPS) is 15.7. The van der Waals surface area contributed by atoms with Crippen LogP contribution in [-0.4, -0.2) is 84.4 Å². The van der Waals surface area contributed by atoms with Crippen LogP contribution in [0.1, 0.15) is 95.3 Å². The summed E-state index contributed by atoms with van der Waals surface area (Å²) in [5.74, 6) is -0.529. The number of phenolic OH excluding ortho intramolecular Hbond substituents is 2. The number of fused-ring (bicyclic) bond motifs is 2. The van der Waals surface area contributed by atoms with Crippen molar-refractivity contribution in [2.24, 2.45) is 0 Å². The van der Waals surface area contributed by atoms with Crippen LogP contribution in [0, 0.1) is 5.82 Å². The van der Waals surface area contributed by atoms with E-state index in [2.05, 4.69) is 20.7 Å². The van der Waals surface area contributed by atoms with Gasteiger partial charge in [0.25, 0.3) is 5.91 Å². The van der Waals surface area contributed by atoms with E-state index in [9.17, 15) is 42.8 Å². The monoisotopic (exact) mass is 893 g/mol. The summed E-state index contributed by atoms with van der Waals surface area (Å²) in [5.41, 5.74) is 2.64. The van der Waals surface area contributed by atoms with Crippen LogP contribution < -0.4 is 30.3 Å². The Bertz CT molecular complexity index is 2360. The van der Waals surface area contributed by atoms with Gasteiger partial charge in [-0.2, -0.15) is 0 Å². The Hall–Kier alpha value is -5.46. The zero-order chi connectivity index (χ0) is 46.3. The molecule has 8 N–H and O–H groups in total. The van der Waals surface area contributed by atoms with E-state index >= 15 is 0 Å². The molecule has 2 aliphatic rings. The number of hydrogen-bond donors (Lipinski definition) is 8. The number of aliphatic hydroxyl groups excluding tert-OH is 2. The lowest BCUT2D eigenvalue weighted by atomic mass is 9.85. The number of β-amino-alcohol motifs (C(OH)–C–C–N with tert-alkyl or cyclic N) is 2. The van der Waals surface area contributed by atoms with Crippen LogP contribution in [0.5, 0.6) is 17.2 Å². The first kappa shape index (κ1) is 48.6. The van der Waals surface area contributed by atoms with Crippen molar-refractivity contribution < 1.29 is 52.3 Å². The Morgan fingerprint density at radius 2 is 1.54 bits per heavy atom. The van der Waals surface area contributed by atoms with Crippen LogP contribution in [0.15, 0.2) is 78.9 Å². The highest BCUT2D eigenvalue weighted by molar-refractivity contribution is 7.92. The number of aliphatic hydroxyl groups is 2. The van der Waals surface area contributed by atoms with Crippen molar-refractivity contribution >= 4 is 39.1 Å². The van der Waals surface area contributed by atoms with Crippen molar-refractivity contribution in [2.75, 3.05) is 47.4 Å². The molecule has 63 heavy (non-hydrogen) atoms. The van der Waals surface area contributed by atoms with Crippen LogP contribution in [0.2, 0.25) is 0 Å². The van der Waals surface area contributed by atoms with E-state index in [1.165, 1.54) is 42.5 Å². The molecular weight excluding hydrogens is 834 g/mol. The van der Waals surface area contributed by atoms with Crippen LogP contribution in [0.4, 0.5) is 26.2 Å². The van der Waals surface area contributed by atoms with Gasteiger partial charge in [-0.25, -0.2) is 17.6 Å². The van der Waals surface area contributed by atoms with Gasteiger partial charge in [-0.1, -0.05) is 50.2 Å². The summed E-state index contributed by atoms with van der Waals surface area (Å²) < 4.78 is 49.7. The van der Waals surface area contributed by atoms with Crippen LogP contribution in [0.25, 0.3) is 0 Å². The average molecular weight is 894 g/mol. The van der Waals surface area contributed by atoms with Gasteiger partial charge in [-0.3, -0.25) is 14.4 Å². The van der Waals surface area contributed by atoms with Crippen molar-refractivity contribution in [3.63, 3.8) is 0 Å². The molecule has 15 nitrogen and oxygen atoms in total. The maximum atomic E-state index is 13.0. The Morgan fingerprint density at radius 1 is 0.889 bits per heavy atom. The van der Waals surface area contributed by atoms with E-state index in [0.717, 1.165) is 23.1 Å². The predicted molar refractivity (Wildman–Crippen MR) is 240 cm³/mol. The summed E-state index contributed by atoms with van der Waals surface area (Å²) in [4.78, 5) is 26.1. The van der Waals surface area contributed by atoms with E-state index in [0.29, 0.717) is 54.8 Å². The zero-order valence-corrected chi connectivity index (χ0v) is 37.6. The Labute approximate surface area is 368 Å². The van der Waals surface area contributed by atoms with Gasteiger partial charge < -0.3 is 45.9 Å². The summed E-state index contributed by atoms with van der Waals surface area (Å²) in [6.07, 6.45) is 1.36. The third-order valence-electron chi connectivity index (χ3n) is 11.2. The maximum absolute atomic E-state index is 13.0. The van der Waals surface area contributed by atoms with Gasteiger partial charge in [-0.05, 0) is 101 Å². The van der Waals surface area contributed by atoms with Crippen LogP contribution in [0.3, 0.4) is 0 Å². The van der Waals surface area contributed by atoms with Gasteiger partial charge in [0.05, 0.1) is 35.5 Å². The molecule has 2 unspecified atom stereocenters. The number of cyclic esters (lactones) is 1. The van der Waals surface area contributed by atoms with Crippen LogP contribution >= 0.6 is 0 Å². The molecule has 2 amide bonds. The Balaban J connectivity index is 0.000000247. The minimum Gasteiger partial charge on any atom is -0.508 e. The number of carbonyl (C=O) groups excluding carboxylic acids is 2. The molecule has 0 saturated heterocycles. The van der Waals surface area contributed by atoms with Gasteiger partial charge in [0.2, 0.25) is 10.0 Å². The number of amides is 2. The fourth-order valence-electron chi connectivity index (χ4n) is 7.59. The SMILES string of the molecule is CC(C)(Cc1ccc(F)cc1)NCC(O)c1cc(O)cc2c1OCC(=O)N2.CCC1(CC)OC(=O)N(CCC(C)(C)NCC(O)c2ccc(O)c(NS(C)(=O)=O)c2)c2ccccc21. The molecule has 4 aromatic rings. The molecule has 2 heterocycles. The molecule has 0 aliphatic carbocycles. The lowest BCUT2D eigenvalue weighted by Crippen LogP contribution is -2.49.